The summed E-state index contributed by atoms with van der Waals surface area (Å²) in [6.45, 7) is 34.2. The number of aromatic nitrogens is 9. The quantitative estimate of drug-likeness (QED) is 0.0508. The number of fused-ring (bicyclic) bond motifs is 1. The van der Waals surface area contributed by atoms with Crippen LogP contribution in [0, 0.1) is 38.5 Å². The third-order valence-corrected chi connectivity index (χ3v) is 17.2. The SMILES string of the molecule is C=C1C=C(C)C2=C(CCCC2)N1.C=C1C=C(C)O1.CC1=CC(=O)OC1=O.CC1=CCC(=O)N1.CC1=CCCS1.CC1C=NC=CN1C.C[C@@H]1CC=CNC1.C[C@H]1C=CNC1=O.C[C@H]1CC=CO1.C[C@H]1CCc2[nH]c(=O)ccc2C1.Cc1c[nH]c(=O)[nH]1.Cc1cc(=O)cc[nH]1.Cc1nccc(=O)[nH]1.Cn1nc[nH]c1=O. The van der Waals surface area contributed by atoms with E-state index in [1.807, 2.05) is 102 Å². The Balaban J connectivity index is 0.000000306. The van der Waals surface area contributed by atoms with Gasteiger partial charge in [-0.2, -0.15) is 5.10 Å². The van der Waals surface area contributed by atoms with Crippen LogP contribution in [0.3, 0.4) is 0 Å². The molecule has 16 rings (SSSR count). The number of aromatic amines is 6. The van der Waals surface area contributed by atoms with Crippen LogP contribution in [0.4, 0.5) is 0 Å². The first-order valence-electron chi connectivity index (χ1n) is 36.2. The van der Waals surface area contributed by atoms with Gasteiger partial charge in [-0.05, 0) is 179 Å². The van der Waals surface area contributed by atoms with E-state index in [0.717, 1.165) is 77.6 Å². The van der Waals surface area contributed by atoms with Crippen LogP contribution in [0.2, 0.25) is 0 Å². The predicted molar refractivity (Wildman–Crippen MR) is 434 cm³/mol. The molecule has 5 atom stereocenters. The van der Waals surface area contributed by atoms with Crippen molar-refractivity contribution in [1.29, 1.82) is 0 Å². The summed E-state index contributed by atoms with van der Waals surface area (Å²) in [6.07, 6.45) is 45.7. The second-order valence-corrected chi connectivity index (χ2v) is 27.8. The Hall–Kier alpha value is -11.3. The van der Waals surface area contributed by atoms with Crippen molar-refractivity contribution in [2.75, 3.05) is 19.3 Å². The highest BCUT2D eigenvalue weighted by atomic mass is 32.2. The van der Waals surface area contributed by atoms with Gasteiger partial charge in [0.05, 0.1) is 24.3 Å². The number of carbonyl (C=O) groups excluding carboxylic acids is 4. The summed E-state index contributed by atoms with van der Waals surface area (Å²) in [5.41, 5.74) is 10.7. The zero-order chi connectivity index (χ0) is 80.8. The Morgan fingerprint density at radius 3 is 1.80 bits per heavy atom. The smallest absolute Gasteiger partial charge is 0.342 e. The number of rotatable bonds is 0. The number of nitrogens with one attached hydrogen (secondary N) is 10. The maximum absolute atomic E-state index is 11.0. The van der Waals surface area contributed by atoms with Crippen molar-refractivity contribution in [3.63, 3.8) is 0 Å². The molecule has 11 aliphatic rings. The molecule has 0 saturated carbocycles. The second-order valence-electron chi connectivity index (χ2n) is 26.5. The Morgan fingerprint density at radius 1 is 0.716 bits per heavy atom. The van der Waals surface area contributed by atoms with Crippen molar-refractivity contribution >= 4 is 41.7 Å². The Kier molecular flexibility index (Phi) is 43.1. The van der Waals surface area contributed by atoms with E-state index in [9.17, 15) is 43.2 Å². The molecule has 0 fully saturated rings. The fourth-order valence-corrected chi connectivity index (χ4v) is 10.7. The summed E-state index contributed by atoms with van der Waals surface area (Å²) in [5, 5.41) is 15.3. The number of amides is 2. The van der Waals surface area contributed by atoms with Gasteiger partial charge in [-0.3, -0.25) is 33.9 Å². The lowest BCUT2D eigenvalue weighted by atomic mass is 9.88. The Morgan fingerprint density at radius 2 is 1.45 bits per heavy atom. The van der Waals surface area contributed by atoms with Gasteiger partial charge in [0.2, 0.25) is 17.4 Å². The highest BCUT2D eigenvalue weighted by Crippen LogP contribution is 2.32. The molecule has 0 saturated heterocycles. The van der Waals surface area contributed by atoms with Crippen molar-refractivity contribution in [1.82, 2.24) is 70.8 Å². The number of imidazole rings is 1. The molecule has 28 heteroatoms. The van der Waals surface area contributed by atoms with E-state index < -0.39 is 11.9 Å². The minimum absolute atomic E-state index is 0.0308. The van der Waals surface area contributed by atoms with E-state index >= 15 is 0 Å². The number of aliphatic imine (C=N–C) groups is 1. The highest BCUT2D eigenvalue weighted by Gasteiger charge is 2.20. The minimum Gasteiger partial charge on any atom is -0.498 e. The zero-order valence-corrected chi connectivity index (χ0v) is 66.6. The van der Waals surface area contributed by atoms with E-state index in [-0.39, 0.29) is 45.7 Å². The maximum atomic E-state index is 11.0. The number of allylic oxidation sites excluding steroid dienone is 10. The van der Waals surface area contributed by atoms with Crippen molar-refractivity contribution in [3.05, 3.63) is 279 Å². The fourth-order valence-electron chi connectivity index (χ4n) is 9.92. The van der Waals surface area contributed by atoms with Gasteiger partial charge >= 0.3 is 23.3 Å². The number of esters is 2. The number of dihydropyridines is 1. The number of aryl methyl sites for hydroxylation is 5. The van der Waals surface area contributed by atoms with Crippen molar-refractivity contribution in [2.24, 2.45) is 29.8 Å². The molecular weight excluding hydrogens is 1410 g/mol. The average molecular weight is 1520 g/mol. The molecular formula is C81H113N15O12S. The van der Waals surface area contributed by atoms with Gasteiger partial charge in [-0.15, -0.1) is 11.8 Å². The summed E-state index contributed by atoms with van der Waals surface area (Å²) in [7, 11) is 3.62. The first kappa shape index (κ1) is 91.9. The number of hydrogen-bond acceptors (Lipinski definition) is 19. The van der Waals surface area contributed by atoms with Crippen LogP contribution >= 0.6 is 11.8 Å². The minimum atomic E-state index is -0.562. The van der Waals surface area contributed by atoms with E-state index in [1.54, 1.807) is 57.2 Å². The summed E-state index contributed by atoms with van der Waals surface area (Å²) >= 11 is 1.96. The van der Waals surface area contributed by atoms with Crippen LogP contribution in [-0.2, 0) is 53.3 Å². The lowest BCUT2D eigenvalue weighted by molar-refractivity contribution is -0.150. The summed E-state index contributed by atoms with van der Waals surface area (Å²) in [4.78, 5) is 120. The Labute approximate surface area is 643 Å². The molecule has 1 unspecified atom stereocenters. The summed E-state index contributed by atoms with van der Waals surface area (Å²) in [5.74, 6) is 4.49. The first-order valence-corrected chi connectivity index (χ1v) is 37.1. The summed E-state index contributed by atoms with van der Waals surface area (Å²) < 4.78 is 15.1. The van der Waals surface area contributed by atoms with Gasteiger partial charge in [-0.1, -0.05) is 64.3 Å². The normalized spacial score (nSPS) is 19.6. The maximum Gasteiger partial charge on any atom is 0.342 e. The third-order valence-electron chi connectivity index (χ3n) is 16.1. The molecule has 0 aromatic carbocycles. The monoisotopic (exact) mass is 1520 g/mol. The molecule has 14 heterocycles. The number of nitrogens with zero attached hydrogens (tertiary/aromatic N) is 5. The zero-order valence-electron chi connectivity index (χ0n) is 65.8. The van der Waals surface area contributed by atoms with Gasteiger partial charge in [-0.25, -0.2) is 28.8 Å². The molecule has 5 aromatic rings. The fraction of sp³-hybridized carbons (Fsp3) is 0.407. The number of H-pyrrole nitrogens is 6. The van der Waals surface area contributed by atoms with Crippen molar-refractivity contribution in [2.45, 2.75) is 173 Å². The van der Waals surface area contributed by atoms with Crippen LogP contribution in [0.15, 0.2) is 227 Å². The van der Waals surface area contributed by atoms with E-state index in [1.165, 1.54) is 120 Å². The van der Waals surface area contributed by atoms with Crippen LogP contribution in [0.25, 0.3) is 0 Å². The van der Waals surface area contributed by atoms with Crippen LogP contribution in [-0.4, -0.2) is 111 Å². The number of carbonyl (C=O) groups is 4. The number of ether oxygens (including phenoxy) is 3. The van der Waals surface area contributed by atoms with E-state index in [2.05, 4.69) is 149 Å². The lowest BCUT2D eigenvalue weighted by Gasteiger charge is -2.26. The van der Waals surface area contributed by atoms with E-state index in [4.69, 9.17) is 9.47 Å². The second kappa shape index (κ2) is 51.1. The molecule has 109 heavy (non-hydrogen) atoms. The standard InChI is InChI=1S/C11H15N.C10H13NO.C6H10N2.C6H7NO.C6H11N.C5H6N2O.2C5H7NO.C5H4O3.C5H6O.C5H8O.C5H8S.C4H6N2O.C3H5N3O/c1-8-7-9(2)12-11-6-4-3-5-10(8)11;1-7-2-4-9-8(6-7)3-5-10(12)11-9;1-6-5-7-3-4-8(6)2;1-5-4-6(8)2-3-7-5;1-6-3-2-4-7-5-6;1-4-6-3-2-5(8)7-4;1-4-2-3-6-5(4)7;1-4-2-3-5(7)6-4;1-3-2-4(6)8-5(3)7;1-4-3-5(2)6-4;2*1-5-3-2-4-6-5;1-3-2-5-4(7)6-3;1-6-3(7)4-2-5-6/h7,12H,2-6H2,1H3;3,5,7H,2,4,6H2,1H3,(H,11,12);3-6H,1-2H3;2-4H,1H3,(H,7,8);2,4,6-7H,3,5H2,1H3;2-3H,1H3,(H,6,7,8);2-4H,1H3,(H,6,7);2H,3H2,1H3,(H,6,7);2H,1H3;3H,1H2,2H3;2,4-5H,3H2,1H3;3H,2,4H2,1H3;2H,1H3,(H2,5,6,7);2H,1H3,(H,4,5,7)/t;7-;;;6-;;4-;;;;5-;;;/m.0..1.0...0.../s1. The topological polar surface area (TPSA) is 370 Å². The van der Waals surface area contributed by atoms with Crippen LogP contribution in [0.5, 0.6) is 0 Å². The first-order chi connectivity index (χ1) is 51.8. The van der Waals surface area contributed by atoms with Gasteiger partial charge in [0.25, 0.3) is 5.56 Å². The molecule has 2 amide bonds. The third kappa shape index (κ3) is 41.4. The van der Waals surface area contributed by atoms with Gasteiger partial charge < -0.3 is 65.3 Å². The van der Waals surface area contributed by atoms with Gasteiger partial charge in [0, 0.05) is 159 Å². The van der Waals surface area contributed by atoms with Crippen LogP contribution < -0.4 is 49.2 Å². The number of hydrogen-bond donors (Lipinski definition) is 10. The molecule has 590 valence electrons. The molecule has 10 N–H and O–H groups in total. The molecule has 2 aliphatic carbocycles. The molecule has 0 bridgehead atoms. The molecule has 5 aromatic heterocycles. The average Bonchev–Trinajstić information content (AvgIpc) is 1.82. The Bertz CT molecular complexity index is 4350. The van der Waals surface area contributed by atoms with Crippen molar-refractivity contribution < 1.29 is 33.4 Å². The van der Waals surface area contributed by atoms with Crippen molar-refractivity contribution in [3.8, 4) is 0 Å². The molecule has 27 nitrogen and oxygen atoms in total. The predicted octanol–water partition coefficient (Wildman–Crippen LogP) is 11.7. The summed E-state index contributed by atoms with van der Waals surface area (Å²) in [6, 6.07) is 8.47. The number of pyridine rings is 2. The molecule has 9 aliphatic heterocycles. The highest BCUT2D eigenvalue weighted by molar-refractivity contribution is 8.03. The number of thioether (sulfide) groups is 1. The van der Waals surface area contributed by atoms with Gasteiger partial charge in [0.15, 0.2) is 5.43 Å². The van der Waals surface area contributed by atoms with Gasteiger partial charge in [0.1, 0.15) is 23.7 Å². The lowest BCUT2D eigenvalue weighted by Crippen LogP contribution is -2.26. The van der Waals surface area contributed by atoms with Crippen LogP contribution in [0.1, 0.15) is 155 Å². The van der Waals surface area contributed by atoms with E-state index in [0.29, 0.717) is 30.0 Å². The largest absolute Gasteiger partial charge is 0.498 e. The molecule has 0 radical (unpaired) electrons. The molecule has 0 spiro atoms. The number of cyclic esters (lactones) is 2.